The molecule has 0 bridgehead atoms. The molecule has 0 saturated heterocycles. The van der Waals surface area contributed by atoms with Crippen molar-refractivity contribution < 1.29 is 14.0 Å². The first-order valence-electron chi connectivity index (χ1n) is 7.65. The number of benzene rings is 1. The second-order valence-corrected chi connectivity index (χ2v) is 6.02. The van der Waals surface area contributed by atoms with Crippen molar-refractivity contribution in [3.63, 3.8) is 0 Å². The van der Waals surface area contributed by atoms with Crippen molar-refractivity contribution in [2.45, 2.75) is 12.8 Å². The number of hydrogen-bond acceptors (Lipinski definition) is 4. The first kappa shape index (κ1) is 18.2. The molecule has 2 aromatic rings. The Morgan fingerprint density at radius 2 is 1.83 bits per heavy atom. The SMILES string of the molecule is CNCCCNC(=O)Cc1ccc(NC(=O)c2ccc(Br)o2)cc1. The number of furan rings is 1. The van der Waals surface area contributed by atoms with E-state index in [9.17, 15) is 9.59 Å². The minimum absolute atomic E-state index is 0.0108. The van der Waals surface area contributed by atoms with Crippen molar-refractivity contribution >= 4 is 33.4 Å². The zero-order valence-corrected chi connectivity index (χ0v) is 15.0. The van der Waals surface area contributed by atoms with Gasteiger partial charge in [0.15, 0.2) is 10.4 Å². The maximum Gasteiger partial charge on any atom is 0.291 e. The molecule has 24 heavy (non-hydrogen) atoms. The Bertz CT molecular complexity index is 683. The van der Waals surface area contributed by atoms with Crippen LogP contribution in [0.4, 0.5) is 5.69 Å². The Labute approximate surface area is 149 Å². The third-order valence-corrected chi connectivity index (χ3v) is 3.73. The maximum atomic E-state index is 12.0. The van der Waals surface area contributed by atoms with Crippen LogP contribution in [0, 0.1) is 0 Å². The van der Waals surface area contributed by atoms with Crippen molar-refractivity contribution in [1.29, 1.82) is 0 Å². The van der Waals surface area contributed by atoms with Crippen molar-refractivity contribution in [2.24, 2.45) is 0 Å². The van der Waals surface area contributed by atoms with Crippen molar-refractivity contribution in [3.05, 3.63) is 52.4 Å². The molecule has 128 valence electrons. The number of rotatable bonds is 8. The van der Waals surface area contributed by atoms with Crippen LogP contribution in [0.3, 0.4) is 0 Å². The molecule has 1 heterocycles. The molecule has 6 nitrogen and oxygen atoms in total. The molecule has 3 N–H and O–H groups in total. The fourth-order valence-corrected chi connectivity index (χ4v) is 2.38. The molecule has 2 rings (SSSR count). The second kappa shape index (κ2) is 9.24. The summed E-state index contributed by atoms with van der Waals surface area (Å²) in [5.41, 5.74) is 1.53. The summed E-state index contributed by atoms with van der Waals surface area (Å²) in [5, 5.41) is 8.64. The van der Waals surface area contributed by atoms with Crippen LogP contribution in [0.2, 0.25) is 0 Å². The van der Waals surface area contributed by atoms with Gasteiger partial charge in [-0.1, -0.05) is 12.1 Å². The van der Waals surface area contributed by atoms with E-state index in [1.54, 1.807) is 24.3 Å². The number of anilines is 1. The second-order valence-electron chi connectivity index (χ2n) is 5.24. The van der Waals surface area contributed by atoms with Gasteiger partial charge >= 0.3 is 0 Å². The van der Waals surface area contributed by atoms with E-state index >= 15 is 0 Å². The highest BCUT2D eigenvalue weighted by molar-refractivity contribution is 9.10. The lowest BCUT2D eigenvalue weighted by molar-refractivity contribution is -0.120. The summed E-state index contributed by atoms with van der Waals surface area (Å²) in [4.78, 5) is 23.8. The zero-order valence-electron chi connectivity index (χ0n) is 13.4. The van der Waals surface area contributed by atoms with Gasteiger partial charge in [0.25, 0.3) is 5.91 Å². The van der Waals surface area contributed by atoms with Gasteiger partial charge in [0.1, 0.15) is 0 Å². The average Bonchev–Trinajstić information content (AvgIpc) is 3.00. The third-order valence-electron chi connectivity index (χ3n) is 3.30. The third kappa shape index (κ3) is 5.82. The molecule has 0 atom stereocenters. The Kier molecular flexibility index (Phi) is 7.02. The Morgan fingerprint density at radius 3 is 2.46 bits per heavy atom. The lowest BCUT2D eigenvalue weighted by Crippen LogP contribution is -2.27. The van der Waals surface area contributed by atoms with Gasteiger partial charge in [-0.3, -0.25) is 9.59 Å². The number of carbonyl (C=O) groups excluding carboxylic acids is 2. The van der Waals surface area contributed by atoms with Gasteiger partial charge < -0.3 is 20.4 Å². The number of halogens is 1. The molecule has 0 spiro atoms. The van der Waals surface area contributed by atoms with Crippen LogP contribution in [-0.4, -0.2) is 32.0 Å². The van der Waals surface area contributed by atoms with Crippen LogP contribution >= 0.6 is 15.9 Å². The van der Waals surface area contributed by atoms with Crippen LogP contribution in [0.15, 0.2) is 45.5 Å². The summed E-state index contributed by atoms with van der Waals surface area (Å²) in [6, 6.07) is 10.4. The number of amides is 2. The molecule has 0 aliphatic rings. The van der Waals surface area contributed by atoms with Gasteiger partial charge in [0.2, 0.25) is 5.91 Å². The van der Waals surface area contributed by atoms with E-state index in [0.29, 0.717) is 23.3 Å². The van der Waals surface area contributed by atoms with Crippen LogP contribution in [0.5, 0.6) is 0 Å². The molecule has 0 aliphatic carbocycles. The molecular formula is C17H20BrN3O3. The topological polar surface area (TPSA) is 83.4 Å². The van der Waals surface area contributed by atoms with Gasteiger partial charge in [0.05, 0.1) is 6.42 Å². The first-order valence-corrected chi connectivity index (χ1v) is 8.44. The smallest absolute Gasteiger partial charge is 0.291 e. The molecule has 1 aromatic carbocycles. The number of carbonyl (C=O) groups is 2. The fourth-order valence-electron chi connectivity index (χ4n) is 2.08. The highest BCUT2D eigenvalue weighted by Gasteiger charge is 2.10. The minimum atomic E-state index is -0.323. The first-order chi connectivity index (χ1) is 11.6. The van der Waals surface area contributed by atoms with E-state index in [1.807, 2.05) is 19.2 Å². The van der Waals surface area contributed by atoms with Gasteiger partial charge in [0, 0.05) is 12.2 Å². The molecule has 0 unspecified atom stereocenters. The Hall–Kier alpha value is -2.12. The van der Waals surface area contributed by atoms with Crippen LogP contribution in [-0.2, 0) is 11.2 Å². The van der Waals surface area contributed by atoms with E-state index in [0.717, 1.165) is 18.5 Å². The summed E-state index contributed by atoms with van der Waals surface area (Å²) in [7, 11) is 1.88. The molecule has 0 fully saturated rings. The fraction of sp³-hybridized carbons (Fsp3) is 0.294. The normalized spacial score (nSPS) is 10.4. The molecule has 1 aromatic heterocycles. The predicted octanol–water partition coefficient (Wildman–Crippen LogP) is 2.56. The number of hydrogen-bond donors (Lipinski definition) is 3. The molecule has 0 saturated carbocycles. The largest absolute Gasteiger partial charge is 0.444 e. The van der Waals surface area contributed by atoms with Crippen LogP contribution < -0.4 is 16.0 Å². The maximum absolute atomic E-state index is 12.0. The van der Waals surface area contributed by atoms with E-state index in [1.165, 1.54) is 0 Å². The van der Waals surface area contributed by atoms with Gasteiger partial charge in [-0.25, -0.2) is 0 Å². The van der Waals surface area contributed by atoms with Crippen LogP contribution in [0.1, 0.15) is 22.5 Å². The highest BCUT2D eigenvalue weighted by Crippen LogP contribution is 2.16. The van der Waals surface area contributed by atoms with E-state index in [-0.39, 0.29) is 17.6 Å². The van der Waals surface area contributed by atoms with Gasteiger partial charge in [-0.2, -0.15) is 0 Å². The van der Waals surface area contributed by atoms with Crippen molar-refractivity contribution in [1.82, 2.24) is 10.6 Å². The minimum Gasteiger partial charge on any atom is -0.444 e. The van der Waals surface area contributed by atoms with Crippen molar-refractivity contribution in [2.75, 3.05) is 25.5 Å². The summed E-state index contributed by atoms with van der Waals surface area (Å²) < 4.78 is 5.70. The molecule has 0 radical (unpaired) electrons. The monoisotopic (exact) mass is 393 g/mol. The summed E-state index contributed by atoms with van der Waals surface area (Å²) in [6.45, 7) is 1.54. The molecule has 2 amide bonds. The zero-order chi connectivity index (χ0) is 17.4. The predicted molar refractivity (Wildman–Crippen MR) is 96.1 cm³/mol. The standard InChI is InChI=1S/C17H20BrN3O3/c1-19-9-2-10-20-16(22)11-12-3-5-13(6-4-12)21-17(23)14-7-8-15(18)24-14/h3-8,19H,2,9-11H2,1H3,(H,20,22)(H,21,23). The summed E-state index contributed by atoms with van der Waals surface area (Å²) in [5.74, 6) is -0.106. The quantitative estimate of drug-likeness (QED) is 0.601. The van der Waals surface area contributed by atoms with Gasteiger partial charge in [-0.05, 0) is 65.8 Å². The summed E-state index contributed by atoms with van der Waals surface area (Å²) in [6.07, 6.45) is 1.22. The lowest BCUT2D eigenvalue weighted by Gasteiger charge is -2.07. The van der Waals surface area contributed by atoms with E-state index in [4.69, 9.17) is 4.42 Å². The molecule has 0 aliphatic heterocycles. The molecular weight excluding hydrogens is 374 g/mol. The highest BCUT2D eigenvalue weighted by atomic mass is 79.9. The van der Waals surface area contributed by atoms with Crippen LogP contribution in [0.25, 0.3) is 0 Å². The van der Waals surface area contributed by atoms with E-state index < -0.39 is 0 Å². The average molecular weight is 394 g/mol. The van der Waals surface area contributed by atoms with Crippen molar-refractivity contribution in [3.8, 4) is 0 Å². The Morgan fingerprint density at radius 1 is 1.08 bits per heavy atom. The lowest BCUT2D eigenvalue weighted by atomic mass is 10.1. The Balaban J connectivity index is 1.82. The van der Waals surface area contributed by atoms with Gasteiger partial charge in [-0.15, -0.1) is 0 Å². The molecule has 7 heteroatoms. The number of nitrogens with one attached hydrogen (secondary N) is 3. The van der Waals surface area contributed by atoms with E-state index in [2.05, 4.69) is 31.9 Å². The summed E-state index contributed by atoms with van der Waals surface area (Å²) >= 11 is 3.16.